The van der Waals surface area contributed by atoms with Gasteiger partial charge in [-0.05, 0) is 11.9 Å². The normalized spacial score (nSPS) is 29.9. The van der Waals surface area contributed by atoms with Crippen molar-refractivity contribution in [3.8, 4) is 0 Å². The minimum atomic E-state index is -0.331. The first kappa shape index (κ1) is 9.84. The van der Waals surface area contributed by atoms with E-state index >= 15 is 0 Å². The molecule has 2 aliphatic heterocycles. The van der Waals surface area contributed by atoms with E-state index in [-0.39, 0.29) is 12.9 Å². The SMILES string of the molecule is C1=C(B2OCCO2)CCC2(C1)OCCO2. The van der Waals surface area contributed by atoms with Gasteiger partial charge in [-0.3, -0.25) is 0 Å². The van der Waals surface area contributed by atoms with Gasteiger partial charge in [-0.2, -0.15) is 0 Å². The van der Waals surface area contributed by atoms with Crippen LogP contribution in [0.2, 0.25) is 0 Å². The van der Waals surface area contributed by atoms with Gasteiger partial charge in [-0.25, -0.2) is 0 Å². The summed E-state index contributed by atoms with van der Waals surface area (Å²) in [5.41, 5.74) is 1.25. The summed E-state index contributed by atoms with van der Waals surface area (Å²) in [5, 5.41) is 0. The van der Waals surface area contributed by atoms with Gasteiger partial charge in [0.2, 0.25) is 0 Å². The second-order valence-electron chi connectivity index (χ2n) is 4.16. The third-order valence-electron chi connectivity index (χ3n) is 3.21. The van der Waals surface area contributed by atoms with Crippen molar-refractivity contribution in [2.45, 2.75) is 25.0 Å². The molecular weight excluding hydrogens is 195 g/mol. The molecule has 0 aromatic heterocycles. The van der Waals surface area contributed by atoms with Crippen LogP contribution in [0.15, 0.2) is 11.5 Å². The van der Waals surface area contributed by atoms with Gasteiger partial charge < -0.3 is 18.8 Å². The Labute approximate surface area is 89.7 Å². The number of hydrogen-bond acceptors (Lipinski definition) is 4. The van der Waals surface area contributed by atoms with Crippen LogP contribution in [0.25, 0.3) is 0 Å². The van der Waals surface area contributed by atoms with Crippen molar-refractivity contribution in [3.63, 3.8) is 0 Å². The lowest BCUT2D eigenvalue weighted by Gasteiger charge is -2.30. The molecule has 82 valence electrons. The van der Waals surface area contributed by atoms with E-state index in [1.54, 1.807) is 0 Å². The highest BCUT2D eigenvalue weighted by Gasteiger charge is 2.40. The third-order valence-corrected chi connectivity index (χ3v) is 3.21. The largest absolute Gasteiger partial charge is 0.489 e. The highest BCUT2D eigenvalue weighted by molar-refractivity contribution is 6.54. The van der Waals surface area contributed by atoms with Crippen LogP contribution in [0.4, 0.5) is 0 Å². The molecule has 0 saturated carbocycles. The van der Waals surface area contributed by atoms with Crippen LogP contribution >= 0.6 is 0 Å². The Hall–Kier alpha value is -0.355. The number of ether oxygens (including phenoxy) is 2. The predicted octanol–water partition coefficient (Wildman–Crippen LogP) is 0.914. The maximum absolute atomic E-state index is 5.64. The molecule has 4 nitrogen and oxygen atoms in total. The molecule has 2 saturated heterocycles. The second kappa shape index (κ2) is 3.90. The van der Waals surface area contributed by atoms with E-state index in [1.165, 1.54) is 5.47 Å². The molecule has 0 atom stereocenters. The van der Waals surface area contributed by atoms with Crippen molar-refractivity contribution in [3.05, 3.63) is 11.5 Å². The van der Waals surface area contributed by atoms with Gasteiger partial charge in [0.25, 0.3) is 0 Å². The summed E-state index contributed by atoms with van der Waals surface area (Å²) in [4.78, 5) is 0. The smallest absolute Gasteiger partial charge is 0.405 e. The molecule has 2 fully saturated rings. The molecule has 0 N–H and O–H groups in total. The van der Waals surface area contributed by atoms with Crippen molar-refractivity contribution in [2.75, 3.05) is 26.4 Å². The van der Waals surface area contributed by atoms with Gasteiger partial charge in [0, 0.05) is 12.8 Å². The summed E-state index contributed by atoms with van der Waals surface area (Å²) < 4.78 is 22.2. The maximum Gasteiger partial charge on any atom is 0.489 e. The van der Waals surface area contributed by atoms with Crippen LogP contribution in [-0.2, 0) is 18.8 Å². The fourth-order valence-corrected chi connectivity index (χ4v) is 2.37. The van der Waals surface area contributed by atoms with Crippen molar-refractivity contribution in [1.29, 1.82) is 0 Å². The molecule has 0 amide bonds. The van der Waals surface area contributed by atoms with Gasteiger partial charge >= 0.3 is 7.12 Å². The molecule has 0 aromatic rings. The van der Waals surface area contributed by atoms with Gasteiger partial charge in [0.1, 0.15) is 0 Å². The van der Waals surface area contributed by atoms with Crippen molar-refractivity contribution in [1.82, 2.24) is 0 Å². The summed E-state index contributed by atoms with van der Waals surface area (Å²) in [6.07, 6.45) is 4.85. The number of allylic oxidation sites excluding steroid dienone is 1. The van der Waals surface area contributed by atoms with E-state index in [9.17, 15) is 0 Å². The average Bonchev–Trinajstić information content (AvgIpc) is 2.91. The first-order chi connectivity index (χ1) is 7.38. The molecule has 3 rings (SSSR count). The van der Waals surface area contributed by atoms with Crippen LogP contribution in [-0.4, -0.2) is 39.3 Å². The minimum absolute atomic E-state index is 0.108. The maximum atomic E-state index is 5.64. The van der Waals surface area contributed by atoms with Crippen molar-refractivity contribution >= 4 is 7.12 Å². The first-order valence-electron chi connectivity index (χ1n) is 5.58. The monoisotopic (exact) mass is 210 g/mol. The van der Waals surface area contributed by atoms with Crippen LogP contribution < -0.4 is 0 Å². The van der Waals surface area contributed by atoms with E-state index in [1.807, 2.05) is 0 Å². The Morgan fingerprint density at radius 2 is 1.80 bits per heavy atom. The molecule has 2 heterocycles. The van der Waals surface area contributed by atoms with E-state index in [2.05, 4.69) is 6.08 Å². The predicted molar refractivity (Wildman–Crippen MR) is 54.2 cm³/mol. The van der Waals surface area contributed by atoms with Gasteiger partial charge in [0.05, 0.1) is 26.4 Å². The summed E-state index contributed by atoms with van der Waals surface area (Å²) in [6, 6.07) is 0. The Kier molecular flexibility index (Phi) is 2.56. The van der Waals surface area contributed by atoms with Crippen LogP contribution in [0.3, 0.4) is 0 Å². The summed E-state index contributed by atoms with van der Waals surface area (Å²) >= 11 is 0. The van der Waals surface area contributed by atoms with Crippen molar-refractivity contribution in [2.24, 2.45) is 0 Å². The highest BCUT2D eigenvalue weighted by atomic mass is 16.7. The van der Waals surface area contributed by atoms with Crippen molar-refractivity contribution < 1.29 is 18.8 Å². The lowest BCUT2D eigenvalue weighted by atomic mass is 9.72. The fourth-order valence-electron chi connectivity index (χ4n) is 2.37. The van der Waals surface area contributed by atoms with E-state index in [0.717, 1.165) is 32.5 Å². The molecule has 0 unspecified atom stereocenters. The Balaban J connectivity index is 1.66. The molecule has 15 heavy (non-hydrogen) atoms. The Morgan fingerprint density at radius 1 is 1.07 bits per heavy atom. The Morgan fingerprint density at radius 3 is 2.40 bits per heavy atom. The second-order valence-corrected chi connectivity index (χ2v) is 4.16. The number of rotatable bonds is 1. The third kappa shape index (κ3) is 1.85. The molecule has 0 bridgehead atoms. The minimum Gasteiger partial charge on any atom is -0.405 e. The standard InChI is InChI=1S/C10H15BO4/c1-3-10(12-5-6-13-10)4-2-9(1)11-14-7-8-15-11/h1H,2-8H2. The van der Waals surface area contributed by atoms with Crippen LogP contribution in [0, 0.1) is 0 Å². The zero-order chi connectivity index (χ0) is 10.1. The fraction of sp³-hybridized carbons (Fsp3) is 0.800. The van der Waals surface area contributed by atoms with E-state index in [4.69, 9.17) is 18.8 Å². The molecule has 0 aromatic carbocycles. The molecule has 1 spiro atoms. The topological polar surface area (TPSA) is 36.9 Å². The van der Waals surface area contributed by atoms with E-state index in [0.29, 0.717) is 13.2 Å². The number of hydrogen-bond donors (Lipinski definition) is 0. The average molecular weight is 210 g/mol. The molecule has 0 radical (unpaired) electrons. The lowest BCUT2D eigenvalue weighted by Crippen LogP contribution is -2.34. The molecule has 1 aliphatic carbocycles. The molecule has 3 aliphatic rings. The summed E-state index contributed by atoms with van der Waals surface area (Å²) in [6.45, 7) is 2.86. The first-order valence-corrected chi connectivity index (χ1v) is 5.58. The summed E-state index contributed by atoms with van der Waals surface area (Å²) in [5.74, 6) is -0.331. The van der Waals surface area contributed by atoms with Crippen LogP contribution in [0.5, 0.6) is 0 Å². The van der Waals surface area contributed by atoms with Crippen LogP contribution in [0.1, 0.15) is 19.3 Å². The zero-order valence-electron chi connectivity index (χ0n) is 8.74. The van der Waals surface area contributed by atoms with Gasteiger partial charge in [0.15, 0.2) is 5.79 Å². The summed E-state index contributed by atoms with van der Waals surface area (Å²) in [7, 11) is -0.108. The zero-order valence-corrected chi connectivity index (χ0v) is 8.74. The quantitative estimate of drug-likeness (QED) is 0.603. The van der Waals surface area contributed by atoms with Gasteiger partial charge in [-0.1, -0.05) is 6.08 Å². The van der Waals surface area contributed by atoms with E-state index < -0.39 is 0 Å². The van der Waals surface area contributed by atoms with Gasteiger partial charge in [-0.15, -0.1) is 0 Å². The molecule has 5 heteroatoms. The lowest BCUT2D eigenvalue weighted by molar-refractivity contribution is -0.161. The highest BCUT2D eigenvalue weighted by Crippen LogP contribution is 2.36. The molecular formula is C10H15BO4. The Bertz CT molecular complexity index is 267.